The van der Waals surface area contributed by atoms with E-state index in [2.05, 4.69) is 30.7 Å². The molecule has 1 aliphatic rings. The SMILES string of the molecule is CC.CCS(=C=O)N1CC(CC#N)(n2cc(-c3nc(Cl)nc4ccsc34)cn2)C1. The van der Waals surface area contributed by atoms with Crippen molar-refractivity contribution in [2.24, 2.45) is 0 Å². The number of carbonyl (C=O) groups excluding carboxylic acids is 1. The maximum atomic E-state index is 11.1. The minimum Gasteiger partial charge on any atom is -0.262 e. The van der Waals surface area contributed by atoms with Gasteiger partial charge in [0.05, 0.1) is 34.6 Å². The first-order chi connectivity index (χ1) is 14.1. The molecule has 0 spiro atoms. The van der Waals surface area contributed by atoms with Gasteiger partial charge >= 0.3 is 0 Å². The van der Waals surface area contributed by atoms with E-state index in [-0.39, 0.29) is 5.28 Å². The van der Waals surface area contributed by atoms with Crippen LogP contribution in [0.4, 0.5) is 0 Å². The fraction of sp³-hybridized carbons (Fsp3) is 0.421. The van der Waals surface area contributed by atoms with Crippen LogP contribution in [-0.4, -0.2) is 48.1 Å². The molecule has 0 bridgehead atoms. The topological polar surface area (TPSA) is 87.7 Å². The van der Waals surface area contributed by atoms with E-state index in [0.717, 1.165) is 27.2 Å². The molecule has 3 aromatic heterocycles. The van der Waals surface area contributed by atoms with E-state index in [0.29, 0.717) is 19.5 Å². The van der Waals surface area contributed by atoms with Gasteiger partial charge in [0, 0.05) is 30.6 Å². The maximum absolute atomic E-state index is 11.1. The fourth-order valence-corrected chi connectivity index (χ4v) is 5.68. The molecule has 1 aliphatic heterocycles. The van der Waals surface area contributed by atoms with Gasteiger partial charge in [0.2, 0.25) is 5.28 Å². The first kappa shape index (κ1) is 21.6. The van der Waals surface area contributed by atoms with Crippen molar-refractivity contribution in [3.63, 3.8) is 0 Å². The molecule has 10 heteroatoms. The lowest BCUT2D eigenvalue weighted by Crippen LogP contribution is -2.60. The summed E-state index contributed by atoms with van der Waals surface area (Å²) in [5.74, 6) is 0.728. The number of halogens is 1. The van der Waals surface area contributed by atoms with Gasteiger partial charge in [-0.3, -0.25) is 4.68 Å². The van der Waals surface area contributed by atoms with Crippen molar-refractivity contribution in [2.45, 2.75) is 32.7 Å². The van der Waals surface area contributed by atoms with Gasteiger partial charge in [-0.15, -0.1) is 11.3 Å². The molecule has 1 atom stereocenters. The van der Waals surface area contributed by atoms with Crippen molar-refractivity contribution in [3.8, 4) is 17.3 Å². The maximum Gasteiger partial charge on any atom is 0.223 e. The summed E-state index contributed by atoms with van der Waals surface area (Å²) in [5, 5.41) is 18.1. The average Bonchev–Trinajstić information content (AvgIpc) is 3.37. The monoisotopic (exact) mass is 448 g/mol. The van der Waals surface area contributed by atoms with Crippen molar-refractivity contribution < 1.29 is 4.79 Å². The van der Waals surface area contributed by atoms with Crippen LogP contribution >= 0.6 is 33.6 Å². The lowest BCUT2D eigenvalue weighted by molar-refractivity contribution is 0.0807. The molecule has 0 radical (unpaired) electrons. The molecule has 4 heterocycles. The molecule has 3 aromatic rings. The van der Waals surface area contributed by atoms with Crippen molar-refractivity contribution >= 4 is 49.1 Å². The molecule has 0 N–H and O–H groups in total. The number of thiophene rings is 1. The summed E-state index contributed by atoms with van der Waals surface area (Å²) in [6.45, 7) is 7.18. The lowest BCUT2D eigenvalue weighted by Gasteiger charge is -2.48. The average molecular weight is 449 g/mol. The smallest absolute Gasteiger partial charge is 0.223 e. The van der Waals surface area contributed by atoms with Crippen LogP contribution < -0.4 is 0 Å². The zero-order valence-electron chi connectivity index (χ0n) is 16.4. The van der Waals surface area contributed by atoms with Crippen LogP contribution in [0.15, 0.2) is 23.8 Å². The first-order valence-electron chi connectivity index (χ1n) is 9.27. The van der Waals surface area contributed by atoms with E-state index in [1.54, 1.807) is 17.5 Å². The molecule has 1 fully saturated rings. The number of aromatic nitrogens is 4. The van der Waals surface area contributed by atoms with Crippen LogP contribution in [0.1, 0.15) is 27.2 Å². The summed E-state index contributed by atoms with van der Waals surface area (Å²) in [5.41, 5.74) is 1.94. The minimum absolute atomic E-state index is 0.193. The fourth-order valence-electron chi connectivity index (χ4n) is 3.28. The van der Waals surface area contributed by atoms with E-state index >= 15 is 0 Å². The van der Waals surface area contributed by atoms with Gasteiger partial charge in [-0.05, 0) is 33.7 Å². The van der Waals surface area contributed by atoms with E-state index in [9.17, 15) is 10.1 Å². The highest BCUT2D eigenvalue weighted by molar-refractivity contribution is 8.12. The van der Waals surface area contributed by atoms with E-state index in [1.807, 2.05) is 43.1 Å². The van der Waals surface area contributed by atoms with Gasteiger partial charge in [0.25, 0.3) is 0 Å². The molecule has 152 valence electrons. The number of hydrogen-bond acceptors (Lipinski definition) is 7. The highest BCUT2D eigenvalue weighted by atomic mass is 35.5. The predicted octanol–water partition coefficient (Wildman–Crippen LogP) is 4.43. The van der Waals surface area contributed by atoms with E-state index in [1.165, 1.54) is 0 Å². The summed E-state index contributed by atoms with van der Waals surface area (Å²) < 4.78 is 4.84. The summed E-state index contributed by atoms with van der Waals surface area (Å²) >= 11 is 7.62. The largest absolute Gasteiger partial charge is 0.262 e. The van der Waals surface area contributed by atoms with Crippen LogP contribution in [0.25, 0.3) is 21.5 Å². The van der Waals surface area contributed by atoms with Crippen LogP contribution in [0, 0.1) is 11.3 Å². The highest BCUT2D eigenvalue weighted by Gasteiger charge is 2.46. The highest BCUT2D eigenvalue weighted by Crippen LogP contribution is 2.40. The summed E-state index contributed by atoms with van der Waals surface area (Å²) in [6, 6.07) is 4.17. The third-order valence-electron chi connectivity index (χ3n) is 4.65. The quantitative estimate of drug-likeness (QED) is 0.423. The number of nitriles is 1. The summed E-state index contributed by atoms with van der Waals surface area (Å²) in [6.07, 6.45) is 3.97. The molecular formula is C19H21ClN6OS2. The van der Waals surface area contributed by atoms with Crippen molar-refractivity contribution in [3.05, 3.63) is 29.1 Å². The standard InChI is InChI=1S/C17H15ClN6OS2.C2H6/c1-2-27(11-25)23-9-17(10-23,4-5-19)24-8-12(7-20-24)14-15-13(3-6-26-15)21-16(18)22-14;1-2/h3,6-8H,2,4,9-10H2,1H3;1-2H3. The lowest BCUT2D eigenvalue weighted by atomic mass is 9.89. The third kappa shape index (κ3) is 4.00. The number of nitrogens with zero attached hydrogens (tertiary/aromatic N) is 6. The molecule has 7 nitrogen and oxygen atoms in total. The number of rotatable bonds is 5. The summed E-state index contributed by atoms with van der Waals surface area (Å²) in [4.78, 5) is 19.7. The zero-order chi connectivity index (χ0) is 21.0. The Labute approximate surface area is 181 Å². The van der Waals surface area contributed by atoms with Gasteiger partial charge < -0.3 is 0 Å². The Hall–Kier alpha value is -2.08. The van der Waals surface area contributed by atoms with Crippen molar-refractivity contribution in [1.29, 1.82) is 5.26 Å². The molecule has 0 aromatic carbocycles. The third-order valence-corrected chi connectivity index (χ3v) is 7.35. The molecule has 1 saturated heterocycles. The zero-order valence-corrected chi connectivity index (χ0v) is 18.8. The van der Waals surface area contributed by atoms with Gasteiger partial charge in [-0.1, -0.05) is 20.8 Å². The van der Waals surface area contributed by atoms with Crippen LogP contribution in [0.5, 0.6) is 0 Å². The minimum atomic E-state index is -0.525. The van der Waals surface area contributed by atoms with Crippen molar-refractivity contribution in [2.75, 3.05) is 18.8 Å². The molecular weight excluding hydrogens is 428 g/mol. The second kappa shape index (κ2) is 9.16. The van der Waals surface area contributed by atoms with Crippen molar-refractivity contribution in [1.82, 2.24) is 24.1 Å². The first-order valence-corrected chi connectivity index (χ1v) is 11.9. The molecule has 1 unspecified atom stereocenters. The Balaban J connectivity index is 0.00000117. The summed E-state index contributed by atoms with van der Waals surface area (Å²) in [7, 11) is -0.525. The Kier molecular flexibility index (Phi) is 6.83. The van der Waals surface area contributed by atoms with Crippen LogP contribution in [0.3, 0.4) is 0 Å². The Morgan fingerprint density at radius 2 is 2.14 bits per heavy atom. The van der Waals surface area contributed by atoms with Crippen LogP contribution in [-0.2, 0) is 10.3 Å². The Morgan fingerprint density at radius 3 is 2.79 bits per heavy atom. The van der Waals surface area contributed by atoms with E-state index < -0.39 is 16.2 Å². The normalized spacial score (nSPS) is 16.2. The molecule has 0 aliphatic carbocycles. The van der Waals surface area contributed by atoms with Crippen LogP contribution in [0.2, 0.25) is 5.28 Å². The number of fused-ring (bicyclic) bond motifs is 1. The Bertz CT molecular complexity index is 1110. The second-order valence-corrected chi connectivity index (χ2v) is 9.49. The molecule has 4 rings (SSSR count). The molecule has 0 saturated carbocycles. The second-order valence-electron chi connectivity index (χ2n) is 6.24. The molecule has 0 amide bonds. The molecule has 29 heavy (non-hydrogen) atoms. The van der Waals surface area contributed by atoms with Gasteiger partial charge in [0.15, 0.2) is 5.23 Å². The number of hydrogen-bond donors (Lipinski definition) is 0. The van der Waals surface area contributed by atoms with E-state index in [4.69, 9.17) is 11.6 Å². The Morgan fingerprint density at radius 1 is 1.38 bits per heavy atom. The van der Waals surface area contributed by atoms with Gasteiger partial charge in [-0.2, -0.15) is 10.4 Å². The van der Waals surface area contributed by atoms with Gasteiger partial charge in [0.1, 0.15) is 5.54 Å². The van der Waals surface area contributed by atoms with Gasteiger partial charge in [-0.25, -0.2) is 19.1 Å². The predicted molar refractivity (Wildman–Crippen MR) is 119 cm³/mol.